The van der Waals surface area contributed by atoms with E-state index in [0.29, 0.717) is 0 Å². The van der Waals surface area contributed by atoms with Gasteiger partial charge in [-0.1, -0.05) is 19.4 Å². The maximum atomic E-state index is 12.4. The number of likely N-dealkylation sites (tertiary alicyclic amines) is 1. The molecule has 1 aromatic heterocycles. The van der Waals surface area contributed by atoms with Gasteiger partial charge in [0.1, 0.15) is 11.4 Å². The molecule has 1 aliphatic heterocycles. The molecule has 5 heteroatoms. The number of nitrogens with zero attached hydrogens (tertiary/aromatic N) is 2. The molecule has 1 aliphatic rings. The van der Waals surface area contributed by atoms with Crippen molar-refractivity contribution in [3.8, 4) is 0 Å². The molecule has 0 aliphatic carbocycles. The molecule has 1 saturated heterocycles. The molecular weight excluding hydrogens is 244 g/mol. The van der Waals surface area contributed by atoms with E-state index in [1.807, 2.05) is 4.90 Å². The van der Waals surface area contributed by atoms with Crippen LogP contribution in [-0.2, 0) is 0 Å². The lowest BCUT2D eigenvalue weighted by Crippen LogP contribution is -2.36. The van der Waals surface area contributed by atoms with Crippen molar-refractivity contribution < 1.29 is 14.7 Å². The molecule has 0 saturated carbocycles. The summed E-state index contributed by atoms with van der Waals surface area (Å²) in [5.74, 6) is -1.26. The number of carbonyl (C=O) groups excluding carboxylic acids is 1. The molecule has 1 fully saturated rings. The average Bonchev–Trinajstić information content (AvgIpc) is 2.86. The van der Waals surface area contributed by atoms with Gasteiger partial charge in [0.05, 0.1) is 0 Å². The number of hydrogen-bond donors (Lipinski definition) is 1. The maximum absolute atomic E-state index is 12.4. The first-order chi connectivity index (χ1) is 9.13. The second-order valence-corrected chi connectivity index (χ2v) is 4.80. The van der Waals surface area contributed by atoms with Crippen LogP contribution < -0.4 is 0 Å². The van der Waals surface area contributed by atoms with Gasteiger partial charge in [-0.15, -0.1) is 0 Å². The Balaban J connectivity index is 2.19. The summed E-state index contributed by atoms with van der Waals surface area (Å²) in [5.41, 5.74) is 0.139. The van der Waals surface area contributed by atoms with Crippen molar-refractivity contribution in [1.29, 1.82) is 0 Å². The molecule has 0 aromatic carbocycles. The van der Waals surface area contributed by atoms with Crippen LogP contribution in [0.25, 0.3) is 0 Å². The third-order valence-corrected chi connectivity index (χ3v) is 3.45. The minimum atomic E-state index is -1.11. The Hall–Kier alpha value is -1.91. The molecule has 19 heavy (non-hydrogen) atoms. The first-order valence-electron chi connectivity index (χ1n) is 6.64. The van der Waals surface area contributed by atoms with E-state index in [-0.39, 0.29) is 23.3 Å². The van der Waals surface area contributed by atoms with Gasteiger partial charge < -0.3 is 10.0 Å². The number of aromatic carboxylic acids is 1. The SMILES string of the molecule is CCCC1CCCN1C(=O)c1cccc(C(=O)O)n1. The molecule has 102 valence electrons. The van der Waals surface area contributed by atoms with Crippen LogP contribution in [0, 0.1) is 0 Å². The molecule has 1 N–H and O–H groups in total. The number of rotatable bonds is 4. The summed E-state index contributed by atoms with van der Waals surface area (Å²) in [6.45, 7) is 2.84. The Morgan fingerprint density at radius 3 is 2.84 bits per heavy atom. The lowest BCUT2D eigenvalue weighted by Gasteiger charge is -2.24. The zero-order chi connectivity index (χ0) is 13.8. The summed E-state index contributed by atoms with van der Waals surface area (Å²) < 4.78 is 0. The highest BCUT2D eigenvalue weighted by Crippen LogP contribution is 2.23. The van der Waals surface area contributed by atoms with Crippen molar-refractivity contribution in [3.63, 3.8) is 0 Å². The van der Waals surface area contributed by atoms with Crippen LogP contribution in [-0.4, -0.2) is 39.5 Å². The van der Waals surface area contributed by atoms with Crippen LogP contribution in [0.15, 0.2) is 18.2 Å². The van der Waals surface area contributed by atoms with Gasteiger partial charge in [-0.25, -0.2) is 9.78 Å². The topological polar surface area (TPSA) is 70.5 Å². The summed E-state index contributed by atoms with van der Waals surface area (Å²) in [4.78, 5) is 29.0. The Labute approximate surface area is 112 Å². The van der Waals surface area contributed by atoms with Crippen LogP contribution in [0.4, 0.5) is 0 Å². The number of carboxylic acids is 1. The van der Waals surface area contributed by atoms with Crippen molar-refractivity contribution in [2.75, 3.05) is 6.54 Å². The molecule has 2 rings (SSSR count). The Morgan fingerprint density at radius 2 is 2.16 bits per heavy atom. The number of carbonyl (C=O) groups is 2. The van der Waals surface area contributed by atoms with Crippen LogP contribution in [0.2, 0.25) is 0 Å². The minimum absolute atomic E-state index is 0.0860. The fourth-order valence-electron chi connectivity index (χ4n) is 2.56. The summed E-state index contributed by atoms with van der Waals surface area (Å²) in [5, 5.41) is 8.91. The molecule has 1 atom stereocenters. The van der Waals surface area contributed by atoms with Crippen LogP contribution in [0.1, 0.15) is 53.6 Å². The van der Waals surface area contributed by atoms with Gasteiger partial charge in [0.2, 0.25) is 0 Å². The fraction of sp³-hybridized carbons (Fsp3) is 0.500. The standard InChI is InChI=1S/C14H18N2O3/c1-2-5-10-6-4-9-16(10)13(17)11-7-3-8-12(15-11)14(18)19/h3,7-8,10H,2,4-6,9H2,1H3,(H,18,19). The van der Waals surface area contributed by atoms with Gasteiger partial charge in [0, 0.05) is 12.6 Å². The summed E-state index contributed by atoms with van der Waals surface area (Å²) in [7, 11) is 0. The zero-order valence-corrected chi connectivity index (χ0v) is 11.0. The van der Waals surface area contributed by atoms with E-state index in [4.69, 9.17) is 5.11 Å². The molecule has 2 heterocycles. The maximum Gasteiger partial charge on any atom is 0.354 e. The van der Waals surface area contributed by atoms with E-state index in [0.717, 1.165) is 32.2 Å². The van der Waals surface area contributed by atoms with Crippen molar-refractivity contribution in [1.82, 2.24) is 9.88 Å². The van der Waals surface area contributed by atoms with Crippen LogP contribution in [0.3, 0.4) is 0 Å². The largest absolute Gasteiger partial charge is 0.477 e. The van der Waals surface area contributed by atoms with Crippen molar-refractivity contribution in [3.05, 3.63) is 29.6 Å². The quantitative estimate of drug-likeness (QED) is 0.902. The molecule has 0 spiro atoms. The van der Waals surface area contributed by atoms with E-state index < -0.39 is 5.97 Å². The van der Waals surface area contributed by atoms with Crippen molar-refractivity contribution >= 4 is 11.9 Å². The number of pyridine rings is 1. The van der Waals surface area contributed by atoms with Crippen LogP contribution in [0.5, 0.6) is 0 Å². The fourth-order valence-corrected chi connectivity index (χ4v) is 2.56. The number of aromatic nitrogens is 1. The Morgan fingerprint density at radius 1 is 1.42 bits per heavy atom. The highest BCUT2D eigenvalue weighted by molar-refractivity contribution is 5.94. The molecule has 0 bridgehead atoms. The van der Waals surface area contributed by atoms with E-state index in [9.17, 15) is 9.59 Å². The lowest BCUT2D eigenvalue weighted by molar-refractivity contribution is 0.0689. The third-order valence-electron chi connectivity index (χ3n) is 3.45. The highest BCUT2D eigenvalue weighted by Gasteiger charge is 2.29. The van der Waals surface area contributed by atoms with Crippen molar-refractivity contribution in [2.24, 2.45) is 0 Å². The summed E-state index contributed by atoms with van der Waals surface area (Å²) in [6.07, 6.45) is 4.06. The molecule has 1 unspecified atom stereocenters. The van der Waals surface area contributed by atoms with Gasteiger partial charge >= 0.3 is 5.97 Å². The average molecular weight is 262 g/mol. The lowest BCUT2D eigenvalue weighted by atomic mass is 10.1. The number of amides is 1. The van der Waals surface area contributed by atoms with Gasteiger partial charge in [-0.05, 0) is 31.4 Å². The second-order valence-electron chi connectivity index (χ2n) is 4.80. The van der Waals surface area contributed by atoms with Gasteiger partial charge in [-0.2, -0.15) is 0 Å². The van der Waals surface area contributed by atoms with E-state index >= 15 is 0 Å². The monoisotopic (exact) mass is 262 g/mol. The van der Waals surface area contributed by atoms with Gasteiger partial charge in [-0.3, -0.25) is 4.79 Å². The predicted molar refractivity (Wildman–Crippen MR) is 70.2 cm³/mol. The number of hydrogen-bond acceptors (Lipinski definition) is 3. The summed E-state index contributed by atoms with van der Waals surface area (Å²) in [6, 6.07) is 4.81. The van der Waals surface area contributed by atoms with E-state index in [2.05, 4.69) is 11.9 Å². The van der Waals surface area contributed by atoms with E-state index in [1.165, 1.54) is 6.07 Å². The van der Waals surface area contributed by atoms with Gasteiger partial charge in [0.15, 0.2) is 0 Å². The van der Waals surface area contributed by atoms with Crippen molar-refractivity contribution in [2.45, 2.75) is 38.6 Å². The first kappa shape index (κ1) is 13.5. The zero-order valence-electron chi connectivity index (χ0n) is 11.0. The molecule has 0 radical (unpaired) electrons. The third kappa shape index (κ3) is 2.92. The van der Waals surface area contributed by atoms with E-state index in [1.54, 1.807) is 12.1 Å². The molecule has 1 amide bonds. The predicted octanol–water partition coefficient (Wildman–Crippen LogP) is 2.18. The number of carboxylic acid groups (broad SMARTS) is 1. The summed E-state index contributed by atoms with van der Waals surface area (Å²) >= 11 is 0. The first-order valence-corrected chi connectivity index (χ1v) is 6.64. The van der Waals surface area contributed by atoms with Gasteiger partial charge in [0.25, 0.3) is 5.91 Å². The molecule has 5 nitrogen and oxygen atoms in total. The minimum Gasteiger partial charge on any atom is -0.477 e. The molecular formula is C14H18N2O3. The normalized spacial score (nSPS) is 18.6. The molecule has 1 aromatic rings. The second kappa shape index (κ2) is 5.82. The Bertz CT molecular complexity index is 487. The van der Waals surface area contributed by atoms with Crippen LogP contribution >= 0.6 is 0 Å². The highest BCUT2D eigenvalue weighted by atomic mass is 16.4. The Kier molecular flexibility index (Phi) is 4.14. The smallest absolute Gasteiger partial charge is 0.354 e.